The van der Waals surface area contributed by atoms with Gasteiger partial charge in [0, 0.05) is 19.0 Å². The molecule has 0 unspecified atom stereocenters. The largest absolute Gasteiger partial charge is 0.493 e. The molecule has 0 saturated carbocycles. The molecule has 282 valence electrons. The minimum absolute atomic E-state index is 0.0193. The number of likely N-dealkylation sites (N-methyl/N-ethyl adjacent to an activating group) is 1. The number of aromatic nitrogens is 2. The van der Waals surface area contributed by atoms with Gasteiger partial charge in [-0.2, -0.15) is 27.0 Å². The number of hydrogen-bond acceptors (Lipinski definition) is 18. The summed E-state index contributed by atoms with van der Waals surface area (Å²) in [6.45, 7) is 0. The first kappa shape index (κ1) is 40.8. The van der Waals surface area contributed by atoms with Gasteiger partial charge in [-0.25, -0.2) is 20.2 Å². The van der Waals surface area contributed by atoms with E-state index in [1.165, 1.54) is 50.5 Å². The Morgan fingerprint density at radius 1 is 0.868 bits per heavy atom. The van der Waals surface area contributed by atoms with E-state index in [9.17, 15) is 45.4 Å². The second-order valence-electron chi connectivity index (χ2n) is 9.94. The zero-order valence-electron chi connectivity index (χ0n) is 26.5. The third-order valence-corrected chi connectivity index (χ3v) is 9.55. The van der Waals surface area contributed by atoms with Gasteiger partial charge in [0.25, 0.3) is 38.0 Å². The molecule has 1 aliphatic rings. The van der Waals surface area contributed by atoms with E-state index in [1.54, 1.807) is 0 Å². The summed E-state index contributed by atoms with van der Waals surface area (Å²) in [6, 6.07) is 6.17. The van der Waals surface area contributed by atoms with E-state index in [2.05, 4.69) is 39.6 Å². The van der Waals surface area contributed by atoms with Crippen molar-refractivity contribution in [3.63, 3.8) is 0 Å². The topological polar surface area (TPSA) is 315 Å². The molecule has 22 nitrogen and oxygen atoms in total. The summed E-state index contributed by atoms with van der Waals surface area (Å²) in [6.07, 6.45) is 6.37. The Hall–Kier alpha value is -4.97. The highest BCUT2D eigenvalue weighted by Crippen LogP contribution is 2.32. The van der Waals surface area contributed by atoms with Gasteiger partial charge >= 0.3 is 0 Å². The van der Waals surface area contributed by atoms with Crippen LogP contribution in [0.3, 0.4) is 0 Å². The van der Waals surface area contributed by atoms with Crippen LogP contribution in [0.1, 0.15) is 16.1 Å². The molecular weight excluding hydrogens is 793 g/mol. The maximum Gasteiger partial charge on any atom is 0.296 e. The third-order valence-electron chi connectivity index (χ3n) is 6.55. The number of aryl methyl sites for hydroxylation is 1. The van der Waals surface area contributed by atoms with Crippen molar-refractivity contribution in [3.8, 4) is 5.88 Å². The number of nitrogens with zero attached hydrogens (tertiary/aromatic N) is 4. The molecular formula is C27H24N6O16S4. The predicted molar refractivity (Wildman–Crippen MR) is 182 cm³/mol. The van der Waals surface area contributed by atoms with Gasteiger partial charge in [-0.05, 0) is 48.6 Å². The van der Waals surface area contributed by atoms with E-state index in [-0.39, 0.29) is 32.3 Å². The van der Waals surface area contributed by atoms with Gasteiger partial charge in [0.2, 0.25) is 5.88 Å². The van der Waals surface area contributed by atoms with Crippen LogP contribution in [-0.4, -0.2) is 86.8 Å². The Kier molecular flexibility index (Phi) is 13.3. The molecule has 1 aromatic heterocycles. The van der Waals surface area contributed by atoms with Gasteiger partial charge in [-0.15, -0.1) is 8.67 Å². The van der Waals surface area contributed by atoms with Crippen LogP contribution >= 0.6 is 24.1 Å². The average molecular weight is 817 g/mol. The number of nitrogens with one attached hydrogen (secondary N) is 2. The molecule has 0 saturated heterocycles. The highest BCUT2D eigenvalue weighted by molar-refractivity contribution is 7.95. The molecule has 0 bridgehead atoms. The van der Waals surface area contributed by atoms with E-state index in [4.69, 9.17) is 10.5 Å². The summed E-state index contributed by atoms with van der Waals surface area (Å²) in [7, 11) is -6.99. The van der Waals surface area contributed by atoms with Crippen molar-refractivity contribution in [2.45, 2.75) is 19.6 Å². The normalized spacial score (nSPS) is 14.5. The third kappa shape index (κ3) is 10.1. The number of carbonyl (C=O) groups is 3. The first-order chi connectivity index (χ1) is 25.0. The summed E-state index contributed by atoms with van der Waals surface area (Å²) in [4.78, 5) is 38.0. The van der Waals surface area contributed by atoms with E-state index in [1.807, 2.05) is 0 Å². The minimum Gasteiger partial charge on any atom is -0.493 e. The van der Waals surface area contributed by atoms with Gasteiger partial charge < -0.3 is 15.7 Å². The molecule has 0 aliphatic carbocycles. The number of rotatable bonds is 15. The van der Waals surface area contributed by atoms with E-state index >= 15 is 0 Å². The van der Waals surface area contributed by atoms with Crippen molar-refractivity contribution in [2.75, 3.05) is 17.7 Å². The highest BCUT2D eigenvalue weighted by Gasteiger charge is 2.33. The Morgan fingerprint density at radius 2 is 1.55 bits per heavy atom. The molecule has 0 spiro atoms. The van der Waals surface area contributed by atoms with Crippen LogP contribution in [-0.2, 0) is 55.6 Å². The van der Waals surface area contributed by atoms with Gasteiger partial charge in [0.05, 0.1) is 56.4 Å². The number of anilines is 2. The maximum atomic E-state index is 13.2. The first-order valence-electron chi connectivity index (χ1n) is 13.8. The molecule has 3 aromatic rings. The molecule has 26 heteroatoms. The van der Waals surface area contributed by atoms with E-state index in [0.29, 0.717) is 24.1 Å². The van der Waals surface area contributed by atoms with Gasteiger partial charge in [0.1, 0.15) is 4.90 Å². The number of hydrazone groups is 1. The molecule has 0 radical (unpaired) electrons. The van der Waals surface area contributed by atoms with Gasteiger partial charge in [-0.3, -0.25) is 23.5 Å². The highest BCUT2D eigenvalue weighted by atomic mass is 32.2. The smallest absolute Gasteiger partial charge is 0.296 e. The van der Waals surface area contributed by atoms with Crippen molar-refractivity contribution in [3.05, 3.63) is 77.5 Å². The second-order valence-corrected chi connectivity index (χ2v) is 14.3. The number of aromatic hydroxyl groups is 1. The van der Waals surface area contributed by atoms with Crippen LogP contribution < -0.4 is 10.6 Å². The number of hydrogen-bond donors (Lipinski definition) is 7. The quantitative estimate of drug-likeness (QED) is 0.0289. The second kappa shape index (κ2) is 17.2. The van der Waals surface area contributed by atoms with Crippen molar-refractivity contribution >= 4 is 85.2 Å². The molecule has 3 amide bonds. The lowest BCUT2D eigenvalue weighted by Gasteiger charge is -2.10. The zero-order chi connectivity index (χ0) is 39.1. The molecule has 0 atom stereocenters. The first-order valence-corrected chi connectivity index (χ1v) is 18.2. The number of benzene rings is 2. The Balaban J connectivity index is 1.57. The predicted octanol–water partition coefficient (Wildman–Crippen LogP) is 2.69. The van der Waals surface area contributed by atoms with E-state index in [0.717, 1.165) is 40.0 Å². The SMILES string of the molecule is CN1N=C(C(=O)Nc2cc(SOOO)ccc2S(=O)(=O)O)/C(=C/C=C\C=C/c2c(C(=O)Nc3cc(S(=O)(=O)O)ccc3SOOO)nn(C)c2O)C1=O. The fraction of sp³-hybridized carbons (Fsp3) is 0.0741. The lowest BCUT2D eigenvalue weighted by molar-refractivity contribution is -0.432. The van der Waals surface area contributed by atoms with Crippen LogP contribution in [0.25, 0.3) is 6.08 Å². The molecule has 2 heterocycles. The molecule has 2 aromatic carbocycles. The molecule has 1 aliphatic heterocycles. The number of amides is 3. The fourth-order valence-electron chi connectivity index (χ4n) is 4.26. The zero-order valence-corrected chi connectivity index (χ0v) is 29.8. The van der Waals surface area contributed by atoms with Crippen molar-refractivity contribution < 1.29 is 74.7 Å². The van der Waals surface area contributed by atoms with Gasteiger partial charge in [-0.1, -0.05) is 28.3 Å². The van der Waals surface area contributed by atoms with Crippen LogP contribution in [0.2, 0.25) is 0 Å². The minimum atomic E-state index is -4.85. The van der Waals surface area contributed by atoms with Crippen molar-refractivity contribution in [2.24, 2.45) is 12.1 Å². The maximum absolute atomic E-state index is 13.2. The summed E-state index contributed by atoms with van der Waals surface area (Å²) in [5.74, 6) is -3.23. The van der Waals surface area contributed by atoms with Crippen LogP contribution in [0.5, 0.6) is 5.88 Å². The summed E-state index contributed by atoms with van der Waals surface area (Å²) >= 11 is 0.803. The number of carbonyl (C=O) groups excluding carboxylic acids is 3. The van der Waals surface area contributed by atoms with Crippen LogP contribution in [0, 0.1) is 0 Å². The lowest BCUT2D eigenvalue weighted by atomic mass is 10.1. The fourth-order valence-corrected chi connectivity index (χ4v) is 6.22. The summed E-state index contributed by atoms with van der Waals surface area (Å²) in [5.41, 5.74) is -1.83. The Labute approximate surface area is 306 Å². The standard InChI is InChI=1S/C27H24N6O16S4/c1-32-26(36)16(22(30-32)24(34)28-18-13-15(52(40,41)42)9-10-20(18)51-49-47-39)6-4-3-5-7-17-23(31-33(2)27(17)37)25(35)29-19-12-14(50-48-46-38)8-11-21(19)53(43,44)45/h3-13,36,38-39H,1-2H3,(H,28,34)(H,29,35)(H,40,41,42)(H,43,44,45)/b5-3-,6-4-,17-7-. The summed E-state index contributed by atoms with van der Waals surface area (Å²) < 4.78 is 75.7. The Bertz CT molecular complexity index is 2290. The van der Waals surface area contributed by atoms with Crippen LogP contribution in [0.4, 0.5) is 11.4 Å². The molecule has 7 N–H and O–H groups in total. The molecule has 4 rings (SSSR count). The van der Waals surface area contributed by atoms with Crippen molar-refractivity contribution in [1.82, 2.24) is 14.8 Å². The lowest BCUT2D eigenvalue weighted by Crippen LogP contribution is -2.25. The molecule has 53 heavy (non-hydrogen) atoms. The van der Waals surface area contributed by atoms with Crippen LogP contribution in [0.15, 0.2) is 91.0 Å². The summed E-state index contributed by atoms with van der Waals surface area (Å²) in [5, 5.41) is 47.8. The Morgan fingerprint density at radius 3 is 2.21 bits per heavy atom. The monoisotopic (exact) mass is 816 g/mol. The van der Waals surface area contributed by atoms with Gasteiger partial charge in [0.15, 0.2) is 11.4 Å². The molecule has 0 fully saturated rings. The average Bonchev–Trinajstić information content (AvgIpc) is 3.54. The number of allylic oxidation sites excluding steroid dienone is 4. The van der Waals surface area contributed by atoms with E-state index < -0.39 is 65.0 Å². The van der Waals surface area contributed by atoms with Crippen molar-refractivity contribution in [1.29, 1.82) is 0 Å².